The molecule has 0 aliphatic carbocycles. The molecule has 0 radical (unpaired) electrons. The minimum atomic E-state index is -0.0990. The maximum atomic E-state index is 12.4. The van der Waals surface area contributed by atoms with Crippen LogP contribution in [0.15, 0.2) is 89.3 Å². The van der Waals surface area contributed by atoms with Crippen molar-refractivity contribution in [1.29, 1.82) is 0 Å². The molecule has 0 bridgehead atoms. The lowest BCUT2D eigenvalue weighted by atomic mass is 10.1. The van der Waals surface area contributed by atoms with E-state index in [9.17, 15) is 4.79 Å². The maximum Gasteiger partial charge on any atom is 0.228 e. The standard InChI is InChI=1S/C25H17ClN2O2/c26-19-11-8-16(9-12-19)14-23(29)27-20-6-3-5-18(15-20)25-28-24-21-7-2-1-4-17(21)10-13-22(24)30-25/h1-13,15H,14H2,(H,27,29). The van der Waals surface area contributed by atoms with E-state index >= 15 is 0 Å². The number of hydrogen-bond donors (Lipinski definition) is 1. The molecule has 0 saturated carbocycles. The number of hydrogen-bond acceptors (Lipinski definition) is 3. The molecule has 5 aromatic rings. The zero-order valence-corrected chi connectivity index (χ0v) is 16.7. The van der Waals surface area contributed by atoms with E-state index in [-0.39, 0.29) is 12.3 Å². The Bertz CT molecular complexity index is 1370. The van der Waals surface area contributed by atoms with Gasteiger partial charge in [0.2, 0.25) is 11.8 Å². The van der Waals surface area contributed by atoms with Gasteiger partial charge < -0.3 is 9.73 Å². The summed E-state index contributed by atoms with van der Waals surface area (Å²) in [6.07, 6.45) is 0.274. The highest BCUT2D eigenvalue weighted by molar-refractivity contribution is 6.30. The summed E-state index contributed by atoms with van der Waals surface area (Å²) in [5, 5.41) is 5.76. The second-order valence-electron chi connectivity index (χ2n) is 7.08. The van der Waals surface area contributed by atoms with Crippen LogP contribution in [-0.4, -0.2) is 10.9 Å². The normalized spacial score (nSPS) is 11.1. The van der Waals surface area contributed by atoms with Crippen molar-refractivity contribution in [2.24, 2.45) is 0 Å². The molecule has 0 fully saturated rings. The molecule has 4 nitrogen and oxygen atoms in total. The lowest BCUT2D eigenvalue weighted by molar-refractivity contribution is -0.115. The number of benzene rings is 4. The second kappa shape index (κ2) is 7.65. The molecule has 0 atom stereocenters. The van der Waals surface area contributed by atoms with Crippen molar-refractivity contribution in [3.8, 4) is 11.5 Å². The minimum absolute atomic E-state index is 0.0990. The zero-order chi connectivity index (χ0) is 20.5. The summed E-state index contributed by atoms with van der Waals surface area (Å²) in [5.74, 6) is 0.424. The highest BCUT2D eigenvalue weighted by atomic mass is 35.5. The summed E-state index contributed by atoms with van der Waals surface area (Å²) in [7, 11) is 0. The molecule has 146 valence electrons. The molecule has 1 amide bonds. The molecule has 0 aliphatic rings. The van der Waals surface area contributed by atoms with Gasteiger partial charge in [0.05, 0.1) is 6.42 Å². The molecule has 0 spiro atoms. The molecule has 0 aliphatic heterocycles. The average molecular weight is 413 g/mol. The third-order valence-corrected chi connectivity index (χ3v) is 5.21. The van der Waals surface area contributed by atoms with E-state index in [1.54, 1.807) is 12.1 Å². The van der Waals surface area contributed by atoms with Gasteiger partial charge in [-0.1, -0.05) is 60.1 Å². The molecule has 1 heterocycles. The lowest BCUT2D eigenvalue weighted by Gasteiger charge is -2.06. The molecular weight excluding hydrogens is 396 g/mol. The van der Waals surface area contributed by atoms with Crippen LogP contribution in [0.5, 0.6) is 0 Å². The molecule has 4 aromatic carbocycles. The van der Waals surface area contributed by atoms with Gasteiger partial charge >= 0.3 is 0 Å². The fraction of sp³-hybridized carbons (Fsp3) is 0.0400. The molecule has 0 unspecified atom stereocenters. The number of carbonyl (C=O) groups is 1. The molecule has 0 saturated heterocycles. The molecule has 1 aromatic heterocycles. The Labute approximate surface area is 178 Å². The van der Waals surface area contributed by atoms with E-state index in [0.29, 0.717) is 16.6 Å². The molecule has 1 N–H and O–H groups in total. The van der Waals surface area contributed by atoms with Gasteiger partial charge in [-0.2, -0.15) is 0 Å². The van der Waals surface area contributed by atoms with Gasteiger partial charge in [0.15, 0.2) is 5.58 Å². The fourth-order valence-corrected chi connectivity index (χ4v) is 3.63. The Morgan fingerprint density at radius 3 is 2.63 bits per heavy atom. The number of aromatic nitrogens is 1. The number of fused-ring (bicyclic) bond motifs is 3. The van der Waals surface area contributed by atoms with Gasteiger partial charge in [0, 0.05) is 21.7 Å². The average Bonchev–Trinajstić information content (AvgIpc) is 3.21. The van der Waals surface area contributed by atoms with Crippen molar-refractivity contribution >= 4 is 45.1 Å². The second-order valence-corrected chi connectivity index (χ2v) is 7.52. The van der Waals surface area contributed by atoms with Gasteiger partial charge in [-0.15, -0.1) is 0 Å². The van der Waals surface area contributed by atoms with Crippen LogP contribution in [0.4, 0.5) is 5.69 Å². The van der Waals surface area contributed by atoms with Crippen LogP contribution in [0.25, 0.3) is 33.3 Å². The largest absolute Gasteiger partial charge is 0.436 e. The number of nitrogens with one attached hydrogen (secondary N) is 1. The van der Waals surface area contributed by atoms with Crippen molar-refractivity contribution in [3.63, 3.8) is 0 Å². The number of halogens is 1. The molecular formula is C25H17ClN2O2. The molecule has 30 heavy (non-hydrogen) atoms. The molecule has 5 rings (SSSR count). The third kappa shape index (κ3) is 3.65. The Kier molecular flexibility index (Phi) is 4.69. The fourth-order valence-electron chi connectivity index (χ4n) is 3.51. The number of oxazole rings is 1. The highest BCUT2D eigenvalue weighted by Crippen LogP contribution is 2.30. The van der Waals surface area contributed by atoms with Crippen molar-refractivity contribution in [3.05, 3.63) is 95.5 Å². The Morgan fingerprint density at radius 1 is 0.933 bits per heavy atom. The first-order valence-corrected chi connectivity index (χ1v) is 9.96. The number of anilines is 1. The summed E-state index contributed by atoms with van der Waals surface area (Å²) < 4.78 is 5.99. The van der Waals surface area contributed by atoms with Gasteiger partial charge in [0.25, 0.3) is 0 Å². The summed E-state index contributed by atoms with van der Waals surface area (Å²) in [5.41, 5.74) is 3.97. The minimum Gasteiger partial charge on any atom is -0.436 e. The van der Waals surface area contributed by atoms with Gasteiger partial charge in [-0.05, 0) is 47.3 Å². The number of rotatable bonds is 4. The number of amides is 1. The third-order valence-electron chi connectivity index (χ3n) is 4.95. The lowest BCUT2D eigenvalue weighted by Crippen LogP contribution is -2.14. The van der Waals surface area contributed by atoms with Gasteiger partial charge in [-0.25, -0.2) is 4.98 Å². The Hall–Kier alpha value is -3.63. The Morgan fingerprint density at radius 2 is 1.77 bits per heavy atom. The summed E-state index contributed by atoms with van der Waals surface area (Å²) in [4.78, 5) is 17.1. The smallest absolute Gasteiger partial charge is 0.228 e. The predicted octanol–water partition coefficient (Wildman–Crippen LogP) is 6.48. The van der Waals surface area contributed by atoms with Crippen LogP contribution in [-0.2, 0) is 11.2 Å². The van der Waals surface area contributed by atoms with E-state index in [2.05, 4.69) is 11.4 Å². The summed E-state index contributed by atoms with van der Waals surface area (Å²) >= 11 is 5.90. The van der Waals surface area contributed by atoms with E-state index in [4.69, 9.17) is 21.0 Å². The summed E-state index contributed by atoms with van der Waals surface area (Å²) in [6, 6.07) is 26.8. The first-order valence-electron chi connectivity index (χ1n) is 9.59. The quantitative estimate of drug-likeness (QED) is 0.367. The van der Waals surface area contributed by atoms with E-state index in [1.807, 2.05) is 66.7 Å². The monoisotopic (exact) mass is 412 g/mol. The van der Waals surface area contributed by atoms with E-state index in [1.165, 1.54) is 0 Å². The number of nitrogens with zero attached hydrogens (tertiary/aromatic N) is 1. The van der Waals surface area contributed by atoms with Crippen LogP contribution < -0.4 is 5.32 Å². The SMILES string of the molecule is O=C(Cc1ccc(Cl)cc1)Nc1cccc(-c2nc3c(ccc4ccccc43)o2)c1. The summed E-state index contributed by atoms with van der Waals surface area (Å²) in [6.45, 7) is 0. The Balaban J connectivity index is 1.41. The first-order chi connectivity index (χ1) is 14.7. The van der Waals surface area contributed by atoms with Crippen molar-refractivity contribution < 1.29 is 9.21 Å². The van der Waals surface area contributed by atoms with Crippen molar-refractivity contribution in [1.82, 2.24) is 4.98 Å². The number of carbonyl (C=O) groups excluding carboxylic acids is 1. The van der Waals surface area contributed by atoms with Crippen LogP contribution in [0.1, 0.15) is 5.56 Å². The van der Waals surface area contributed by atoms with E-state index in [0.717, 1.165) is 33.0 Å². The van der Waals surface area contributed by atoms with Crippen LogP contribution in [0.2, 0.25) is 5.02 Å². The van der Waals surface area contributed by atoms with Crippen molar-refractivity contribution in [2.45, 2.75) is 6.42 Å². The predicted molar refractivity (Wildman–Crippen MR) is 121 cm³/mol. The molecule has 5 heteroatoms. The highest BCUT2D eigenvalue weighted by Gasteiger charge is 2.12. The van der Waals surface area contributed by atoms with Crippen LogP contribution in [0.3, 0.4) is 0 Å². The topological polar surface area (TPSA) is 55.1 Å². The first kappa shape index (κ1) is 18.4. The van der Waals surface area contributed by atoms with Gasteiger partial charge in [0.1, 0.15) is 5.52 Å². The maximum absolute atomic E-state index is 12.4. The zero-order valence-electron chi connectivity index (χ0n) is 15.9. The van der Waals surface area contributed by atoms with Crippen molar-refractivity contribution in [2.75, 3.05) is 5.32 Å². The van der Waals surface area contributed by atoms with Crippen LogP contribution >= 0.6 is 11.6 Å². The van der Waals surface area contributed by atoms with E-state index < -0.39 is 0 Å². The van der Waals surface area contributed by atoms with Crippen LogP contribution in [0, 0.1) is 0 Å². The van der Waals surface area contributed by atoms with Gasteiger partial charge in [-0.3, -0.25) is 4.79 Å².